The third-order valence-corrected chi connectivity index (χ3v) is 2.55. The molecular weight excluding hydrogens is 252 g/mol. The zero-order valence-corrected chi connectivity index (χ0v) is 11.5. The number of carbonyl (C=O) groups is 2. The van der Waals surface area contributed by atoms with E-state index in [2.05, 4.69) is 15.8 Å². The third-order valence-electron chi connectivity index (χ3n) is 2.55. The lowest BCUT2D eigenvalue weighted by Gasteiger charge is -2.18. The van der Waals surface area contributed by atoms with E-state index in [1.165, 1.54) is 7.11 Å². The van der Waals surface area contributed by atoms with Crippen LogP contribution in [0.15, 0.2) is 5.16 Å². The second-order valence-corrected chi connectivity index (χ2v) is 4.00. The lowest BCUT2D eigenvalue weighted by Crippen LogP contribution is -2.49. The average molecular weight is 274 g/mol. The van der Waals surface area contributed by atoms with E-state index >= 15 is 0 Å². The Morgan fingerprint density at radius 1 is 1.42 bits per heavy atom. The number of amides is 2. The highest BCUT2D eigenvalue weighted by molar-refractivity contribution is 6.03. The molecule has 0 aromatic heterocycles. The van der Waals surface area contributed by atoms with Crippen LogP contribution < -0.4 is 16.4 Å². The largest absolute Gasteiger partial charge is 0.409 e. The first kappa shape index (κ1) is 17.2. The number of nitrogens with one attached hydrogen (secondary N) is 2. The van der Waals surface area contributed by atoms with Crippen molar-refractivity contribution in [2.24, 2.45) is 16.8 Å². The Morgan fingerprint density at radius 3 is 2.53 bits per heavy atom. The van der Waals surface area contributed by atoms with Crippen molar-refractivity contribution in [1.29, 1.82) is 0 Å². The summed E-state index contributed by atoms with van der Waals surface area (Å²) in [5, 5.41) is 16.5. The molecule has 2 unspecified atom stereocenters. The summed E-state index contributed by atoms with van der Waals surface area (Å²) in [5.41, 5.74) is 5.40. The Kier molecular flexibility index (Phi) is 8.27. The molecule has 0 aliphatic rings. The summed E-state index contributed by atoms with van der Waals surface area (Å²) in [7, 11) is 1.53. The average Bonchev–Trinajstić information content (AvgIpc) is 2.39. The topological polar surface area (TPSA) is 126 Å². The number of oxime groups is 1. The molecule has 2 amide bonds. The molecular formula is C11H22N4O4. The maximum atomic E-state index is 11.8. The molecule has 0 rings (SSSR count). The molecule has 0 heterocycles. The highest BCUT2D eigenvalue weighted by Crippen LogP contribution is 2.03. The minimum atomic E-state index is -0.751. The monoisotopic (exact) mass is 274 g/mol. The van der Waals surface area contributed by atoms with Crippen molar-refractivity contribution in [2.75, 3.05) is 20.3 Å². The number of carbonyl (C=O) groups excluding carboxylic acids is 2. The van der Waals surface area contributed by atoms with Crippen molar-refractivity contribution in [3.05, 3.63) is 0 Å². The van der Waals surface area contributed by atoms with Gasteiger partial charge in [0.1, 0.15) is 6.04 Å². The Morgan fingerprint density at radius 2 is 2.05 bits per heavy atom. The summed E-state index contributed by atoms with van der Waals surface area (Å²) in [4.78, 5) is 23.4. The molecule has 0 aromatic carbocycles. The lowest BCUT2D eigenvalue weighted by atomic mass is 10.0. The maximum absolute atomic E-state index is 11.8. The lowest BCUT2D eigenvalue weighted by molar-refractivity contribution is -0.129. The number of hydrogen-bond donors (Lipinski definition) is 4. The minimum absolute atomic E-state index is 0.174. The van der Waals surface area contributed by atoms with E-state index in [1.54, 1.807) is 13.8 Å². The molecule has 0 aromatic rings. The molecule has 110 valence electrons. The molecule has 0 bridgehead atoms. The number of amidine groups is 1. The van der Waals surface area contributed by atoms with Gasteiger partial charge in [-0.15, -0.1) is 0 Å². The quantitative estimate of drug-likeness (QED) is 0.149. The van der Waals surface area contributed by atoms with Gasteiger partial charge in [-0.3, -0.25) is 9.59 Å². The number of rotatable bonds is 8. The van der Waals surface area contributed by atoms with Gasteiger partial charge in [0.25, 0.3) is 0 Å². The van der Waals surface area contributed by atoms with E-state index in [4.69, 9.17) is 15.7 Å². The predicted octanol–water partition coefficient (Wildman–Crippen LogP) is -0.974. The molecule has 5 N–H and O–H groups in total. The van der Waals surface area contributed by atoms with E-state index in [9.17, 15) is 9.59 Å². The Balaban J connectivity index is 4.34. The number of nitrogens with two attached hydrogens (primary N) is 1. The zero-order chi connectivity index (χ0) is 14.8. The van der Waals surface area contributed by atoms with E-state index < -0.39 is 17.9 Å². The molecule has 0 saturated carbocycles. The van der Waals surface area contributed by atoms with Gasteiger partial charge in [-0.25, -0.2) is 0 Å². The zero-order valence-electron chi connectivity index (χ0n) is 11.5. The standard InChI is InChI=1S/C11H22N4O4/c1-4-8(9(12)15-18)11(17)14-7(2)10(16)13-5-6-19-3/h7-8,18H,4-6H2,1-3H3,(H2,12,15)(H,13,16)(H,14,17). The van der Waals surface area contributed by atoms with E-state index in [0.717, 1.165) is 0 Å². The van der Waals surface area contributed by atoms with Gasteiger partial charge in [-0.1, -0.05) is 12.1 Å². The van der Waals surface area contributed by atoms with Crippen molar-refractivity contribution < 1.29 is 19.5 Å². The summed E-state index contributed by atoms with van der Waals surface area (Å²) in [6.45, 7) is 4.05. The third kappa shape index (κ3) is 6.05. The van der Waals surface area contributed by atoms with Crippen molar-refractivity contribution in [2.45, 2.75) is 26.3 Å². The van der Waals surface area contributed by atoms with Gasteiger partial charge < -0.3 is 26.3 Å². The first-order valence-electron chi connectivity index (χ1n) is 6.02. The van der Waals surface area contributed by atoms with Gasteiger partial charge in [-0.05, 0) is 13.3 Å². The number of methoxy groups -OCH3 is 1. The fraction of sp³-hybridized carbons (Fsp3) is 0.727. The Hall–Kier alpha value is -1.83. The van der Waals surface area contributed by atoms with Crippen molar-refractivity contribution in [1.82, 2.24) is 10.6 Å². The molecule has 2 atom stereocenters. The second-order valence-electron chi connectivity index (χ2n) is 4.00. The van der Waals surface area contributed by atoms with Crippen molar-refractivity contribution in [3.8, 4) is 0 Å². The molecule has 8 nitrogen and oxygen atoms in total. The van der Waals surface area contributed by atoms with Crippen molar-refractivity contribution >= 4 is 17.6 Å². The van der Waals surface area contributed by atoms with Gasteiger partial charge in [0, 0.05) is 13.7 Å². The van der Waals surface area contributed by atoms with E-state index in [-0.39, 0.29) is 11.7 Å². The first-order valence-corrected chi connectivity index (χ1v) is 6.02. The van der Waals surface area contributed by atoms with Crippen LogP contribution in [0.3, 0.4) is 0 Å². The maximum Gasteiger partial charge on any atom is 0.242 e. The first-order chi connectivity index (χ1) is 8.97. The van der Waals surface area contributed by atoms with Crippen LogP contribution >= 0.6 is 0 Å². The fourth-order valence-corrected chi connectivity index (χ4v) is 1.41. The second kappa shape index (κ2) is 9.15. The highest BCUT2D eigenvalue weighted by atomic mass is 16.5. The number of hydrogen-bond acceptors (Lipinski definition) is 5. The Bertz CT molecular complexity index is 333. The highest BCUT2D eigenvalue weighted by Gasteiger charge is 2.24. The molecule has 0 radical (unpaired) electrons. The van der Waals surface area contributed by atoms with Crippen LogP contribution in [0.4, 0.5) is 0 Å². The molecule has 0 fully saturated rings. The van der Waals surface area contributed by atoms with Crippen LogP contribution in [-0.2, 0) is 14.3 Å². The molecule has 0 saturated heterocycles. The van der Waals surface area contributed by atoms with Gasteiger partial charge in [-0.2, -0.15) is 0 Å². The van der Waals surface area contributed by atoms with Crippen LogP contribution in [0, 0.1) is 5.92 Å². The predicted molar refractivity (Wildman–Crippen MR) is 69.7 cm³/mol. The fourth-order valence-electron chi connectivity index (χ4n) is 1.41. The summed E-state index contributed by atoms with van der Waals surface area (Å²) < 4.78 is 4.79. The van der Waals surface area contributed by atoms with Gasteiger partial charge in [0.15, 0.2) is 5.84 Å². The summed E-state index contributed by atoms with van der Waals surface area (Å²) in [5.74, 6) is -1.70. The van der Waals surface area contributed by atoms with Crippen LogP contribution in [0.2, 0.25) is 0 Å². The van der Waals surface area contributed by atoms with Crippen LogP contribution in [0.5, 0.6) is 0 Å². The van der Waals surface area contributed by atoms with Crippen LogP contribution in [0.25, 0.3) is 0 Å². The van der Waals surface area contributed by atoms with E-state index in [0.29, 0.717) is 19.6 Å². The number of nitrogens with zero attached hydrogens (tertiary/aromatic N) is 1. The molecule has 19 heavy (non-hydrogen) atoms. The summed E-state index contributed by atoms with van der Waals surface area (Å²) in [6.07, 6.45) is 0.375. The van der Waals surface area contributed by atoms with Gasteiger partial charge >= 0.3 is 0 Å². The smallest absolute Gasteiger partial charge is 0.242 e. The van der Waals surface area contributed by atoms with Crippen LogP contribution in [-0.4, -0.2) is 49.2 Å². The molecule has 8 heteroatoms. The Labute approximate surface area is 112 Å². The minimum Gasteiger partial charge on any atom is -0.409 e. The van der Waals surface area contributed by atoms with Crippen LogP contribution in [0.1, 0.15) is 20.3 Å². The molecule has 0 spiro atoms. The normalized spacial score (nSPS) is 14.6. The van der Waals surface area contributed by atoms with Gasteiger partial charge in [0.05, 0.1) is 12.5 Å². The van der Waals surface area contributed by atoms with Crippen molar-refractivity contribution in [3.63, 3.8) is 0 Å². The SMILES string of the molecule is CCC(C(=O)NC(C)C(=O)NCCOC)C(N)=NO. The van der Waals surface area contributed by atoms with Gasteiger partial charge in [0.2, 0.25) is 11.8 Å². The summed E-state index contributed by atoms with van der Waals surface area (Å²) in [6, 6.07) is -0.704. The summed E-state index contributed by atoms with van der Waals surface area (Å²) >= 11 is 0. The molecule has 0 aliphatic carbocycles. The number of ether oxygens (including phenoxy) is 1. The molecule has 0 aliphatic heterocycles. The van der Waals surface area contributed by atoms with E-state index in [1.807, 2.05) is 0 Å².